The van der Waals surface area contributed by atoms with Gasteiger partial charge in [0, 0.05) is 23.6 Å². The summed E-state index contributed by atoms with van der Waals surface area (Å²) in [6.45, 7) is 6.88. The minimum absolute atomic E-state index is 0. The Balaban J connectivity index is 0.00000280. The predicted octanol–water partition coefficient (Wildman–Crippen LogP) is 4.37. The average Bonchev–Trinajstić information content (AvgIpc) is 2.71. The molecule has 3 rings (SSSR count). The van der Waals surface area contributed by atoms with Crippen molar-refractivity contribution in [3.8, 4) is 17.6 Å². The molecule has 6 heteroatoms. The number of rotatable bonds is 7. The summed E-state index contributed by atoms with van der Waals surface area (Å²) in [7, 11) is 0. The molecular formula is C22H25ClN2O3. The summed E-state index contributed by atoms with van der Waals surface area (Å²) >= 11 is 0. The number of likely N-dealkylation sites (N-methyl/N-ethyl adjacent to an activating group) is 1. The molecule has 2 aromatic rings. The molecule has 0 amide bonds. The number of benzene rings is 2. The standard InChI is InChI=1S/C22H24N2O3.ClH/c1-3-24(4-2)13-14-26-22(25)18(15-23)21-16-9-5-7-11-19(16)27-20-12-8-6-10-17(20)21;/h5-12,18,21H,3-4,13-14H2,1-2H3;1H. The van der Waals surface area contributed by atoms with Crippen LogP contribution in [0.2, 0.25) is 0 Å². The fourth-order valence-corrected chi connectivity index (χ4v) is 3.47. The number of nitriles is 1. The topological polar surface area (TPSA) is 62.6 Å². The number of fused-ring (bicyclic) bond motifs is 2. The molecule has 0 radical (unpaired) electrons. The van der Waals surface area contributed by atoms with Gasteiger partial charge in [0.1, 0.15) is 18.1 Å². The number of nitrogens with zero attached hydrogens (tertiary/aromatic N) is 2. The maximum absolute atomic E-state index is 12.7. The summed E-state index contributed by atoms with van der Waals surface area (Å²) in [6.07, 6.45) is 0. The fourth-order valence-electron chi connectivity index (χ4n) is 3.47. The molecule has 0 saturated heterocycles. The van der Waals surface area contributed by atoms with Crippen LogP contribution >= 0.6 is 12.4 Å². The van der Waals surface area contributed by atoms with Crippen LogP contribution in [0.15, 0.2) is 48.5 Å². The molecule has 28 heavy (non-hydrogen) atoms. The Hall–Kier alpha value is -2.55. The number of carbonyl (C=O) groups excluding carboxylic acids is 1. The van der Waals surface area contributed by atoms with Gasteiger partial charge in [0.05, 0.1) is 6.07 Å². The van der Waals surface area contributed by atoms with E-state index >= 15 is 0 Å². The molecule has 2 aromatic carbocycles. The van der Waals surface area contributed by atoms with E-state index in [1.54, 1.807) is 0 Å². The Morgan fingerprint density at radius 1 is 1.11 bits per heavy atom. The molecule has 0 fully saturated rings. The first-order valence-electron chi connectivity index (χ1n) is 9.33. The Labute approximate surface area is 172 Å². The Morgan fingerprint density at radius 2 is 1.64 bits per heavy atom. The maximum Gasteiger partial charge on any atom is 0.324 e. The molecule has 0 aliphatic carbocycles. The van der Waals surface area contributed by atoms with Gasteiger partial charge in [0.15, 0.2) is 5.92 Å². The van der Waals surface area contributed by atoms with Gasteiger partial charge in [-0.2, -0.15) is 5.26 Å². The number of hydrogen-bond acceptors (Lipinski definition) is 5. The van der Waals surface area contributed by atoms with Crippen molar-refractivity contribution in [2.45, 2.75) is 19.8 Å². The van der Waals surface area contributed by atoms with Gasteiger partial charge in [0.2, 0.25) is 0 Å². The smallest absolute Gasteiger partial charge is 0.324 e. The summed E-state index contributed by atoms with van der Waals surface area (Å²) in [5, 5.41) is 9.80. The van der Waals surface area contributed by atoms with Gasteiger partial charge in [-0.15, -0.1) is 12.4 Å². The average molecular weight is 401 g/mol. The lowest BCUT2D eigenvalue weighted by atomic mass is 9.79. The van der Waals surface area contributed by atoms with Crippen LogP contribution in [-0.2, 0) is 9.53 Å². The third kappa shape index (κ3) is 4.46. The van der Waals surface area contributed by atoms with Crippen LogP contribution in [0.4, 0.5) is 0 Å². The molecule has 0 bridgehead atoms. The van der Waals surface area contributed by atoms with Crippen LogP contribution in [0.25, 0.3) is 0 Å². The van der Waals surface area contributed by atoms with E-state index < -0.39 is 17.8 Å². The first-order chi connectivity index (χ1) is 13.2. The van der Waals surface area contributed by atoms with Crippen LogP contribution in [-0.4, -0.2) is 37.1 Å². The number of halogens is 1. The zero-order valence-electron chi connectivity index (χ0n) is 16.1. The van der Waals surface area contributed by atoms with Crippen LogP contribution in [0.5, 0.6) is 11.5 Å². The van der Waals surface area contributed by atoms with Gasteiger partial charge in [-0.1, -0.05) is 50.2 Å². The van der Waals surface area contributed by atoms with Crippen molar-refractivity contribution >= 4 is 18.4 Å². The van der Waals surface area contributed by atoms with Gasteiger partial charge >= 0.3 is 5.97 Å². The zero-order valence-corrected chi connectivity index (χ0v) is 16.9. The highest BCUT2D eigenvalue weighted by Gasteiger charge is 2.38. The van der Waals surface area contributed by atoms with E-state index in [0.29, 0.717) is 18.0 Å². The number of para-hydroxylation sites is 2. The van der Waals surface area contributed by atoms with E-state index in [4.69, 9.17) is 9.47 Å². The minimum atomic E-state index is -0.923. The van der Waals surface area contributed by atoms with Crippen molar-refractivity contribution in [3.63, 3.8) is 0 Å². The highest BCUT2D eigenvalue weighted by molar-refractivity contribution is 5.85. The van der Waals surface area contributed by atoms with E-state index in [9.17, 15) is 10.1 Å². The van der Waals surface area contributed by atoms with E-state index in [0.717, 1.165) is 24.2 Å². The van der Waals surface area contributed by atoms with E-state index in [2.05, 4.69) is 24.8 Å². The molecule has 0 N–H and O–H groups in total. The lowest BCUT2D eigenvalue weighted by molar-refractivity contribution is -0.147. The summed E-state index contributed by atoms with van der Waals surface area (Å²) in [5.74, 6) is -0.457. The predicted molar refractivity (Wildman–Crippen MR) is 110 cm³/mol. The van der Waals surface area contributed by atoms with Gasteiger partial charge in [-0.3, -0.25) is 4.79 Å². The molecule has 0 spiro atoms. The molecule has 1 heterocycles. The van der Waals surface area contributed by atoms with Crippen LogP contribution < -0.4 is 4.74 Å². The second-order valence-electron chi connectivity index (χ2n) is 6.46. The molecule has 148 valence electrons. The molecule has 1 atom stereocenters. The normalized spacial score (nSPS) is 13.4. The summed E-state index contributed by atoms with van der Waals surface area (Å²) < 4.78 is 11.4. The zero-order chi connectivity index (χ0) is 19.2. The first kappa shape index (κ1) is 21.7. The van der Waals surface area contributed by atoms with Gasteiger partial charge in [-0.25, -0.2) is 0 Å². The second kappa shape index (κ2) is 10.1. The first-order valence-corrected chi connectivity index (χ1v) is 9.33. The summed E-state index contributed by atoms with van der Waals surface area (Å²) in [5.41, 5.74) is 1.67. The van der Waals surface area contributed by atoms with Crippen molar-refractivity contribution in [1.82, 2.24) is 4.90 Å². The molecular weight excluding hydrogens is 376 g/mol. The summed E-state index contributed by atoms with van der Waals surface area (Å²) in [6, 6.07) is 17.3. The van der Waals surface area contributed by atoms with Crippen molar-refractivity contribution in [1.29, 1.82) is 5.26 Å². The number of ether oxygens (including phenoxy) is 2. The van der Waals surface area contributed by atoms with Crippen molar-refractivity contribution < 1.29 is 14.3 Å². The van der Waals surface area contributed by atoms with E-state index in [1.165, 1.54) is 0 Å². The van der Waals surface area contributed by atoms with Crippen molar-refractivity contribution in [2.24, 2.45) is 5.92 Å². The van der Waals surface area contributed by atoms with Crippen LogP contribution in [0.3, 0.4) is 0 Å². The Kier molecular flexibility index (Phi) is 7.86. The van der Waals surface area contributed by atoms with Gasteiger partial charge < -0.3 is 14.4 Å². The van der Waals surface area contributed by atoms with Crippen LogP contribution in [0, 0.1) is 17.2 Å². The van der Waals surface area contributed by atoms with Crippen molar-refractivity contribution in [2.75, 3.05) is 26.2 Å². The minimum Gasteiger partial charge on any atom is -0.463 e. The Bertz CT molecular complexity index is 800. The maximum atomic E-state index is 12.7. The number of hydrogen-bond donors (Lipinski definition) is 0. The molecule has 1 aliphatic heterocycles. The molecule has 5 nitrogen and oxygen atoms in total. The van der Waals surface area contributed by atoms with E-state index in [-0.39, 0.29) is 19.0 Å². The monoisotopic (exact) mass is 400 g/mol. The fraction of sp³-hybridized carbons (Fsp3) is 0.364. The van der Waals surface area contributed by atoms with E-state index in [1.807, 2.05) is 48.5 Å². The third-order valence-corrected chi connectivity index (χ3v) is 5.00. The van der Waals surface area contributed by atoms with Crippen LogP contribution in [0.1, 0.15) is 30.9 Å². The molecule has 1 aliphatic rings. The SMILES string of the molecule is CCN(CC)CCOC(=O)C(C#N)C1c2ccccc2Oc2ccccc21.Cl. The largest absolute Gasteiger partial charge is 0.463 e. The van der Waals surface area contributed by atoms with Gasteiger partial charge in [0.25, 0.3) is 0 Å². The lowest BCUT2D eigenvalue weighted by Crippen LogP contribution is -2.31. The quantitative estimate of drug-likeness (QED) is 0.646. The van der Waals surface area contributed by atoms with Gasteiger partial charge in [-0.05, 0) is 25.2 Å². The number of esters is 1. The highest BCUT2D eigenvalue weighted by atomic mass is 35.5. The lowest BCUT2D eigenvalue weighted by Gasteiger charge is -2.30. The second-order valence-corrected chi connectivity index (χ2v) is 6.46. The molecule has 0 aromatic heterocycles. The summed E-state index contributed by atoms with van der Waals surface area (Å²) in [4.78, 5) is 14.9. The molecule has 1 unspecified atom stereocenters. The highest BCUT2D eigenvalue weighted by Crippen LogP contribution is 2.47. The molecule has 0 saturated carbocycles. The third-order valence-electron chi connectivity index (χ3n) is 5.00. The number of carbonyl (C=O) groups is 1. The van der Waals surface area contributed by atoms with Crippen molar-refractivity contribution in [3.05, 3.63) is 59.7 Å². The Morgan fingerprint density at radius 3 is 2.14 bits per heavy atom.